The van der Waals surface area contributed by atoms with Crippen LogP contribution in [0.2, 0.25) is 0 Å². The van der Waals surface area contributed by atoms with E-state index in [0.29, 0.717) is 17.4 Å². The standard InChI is InChI=1S/C34H67N2O6P/c1-6-8-10-12-14-16-18-19-21-23-25-27-33(37)32(31-42-43(39,40)41-30-29-36(3,4)5)35-34(38)28-26-24-22-20-17-15-13-11-9-7-2/h18-19,25,27,32-33,37H,6-17,20-24,26,28-31H2,1-5H3,(H-,35,38,39,40)/p+1/b19-18+,27-25+/t32-,33+/m0/s1. The molecular formula is C34H68N2O6P+. The molecule has 254 valence electrons. The lowest BCUT2D eigenvalue weighted by Gasteiger charge is -2.25. The summed E-state index contributed by atoms with van der Waals surface area (Å²) in [6.45, 7) is 4.72. The van der Waals surface area contributed by atoms with Crippen molar-refractivity contribution in [2.75, 3.05) is 40.9 Å². The zero-order chi connectivity index (χ0) is 32.2. The molecule has 0 heterocycles. The average Bonchev–Trinajstić information content (AvgIpc) is 2.94. The van der Waals surface area contributed by atoms with Crippen molar-refractivity contribution in [3.05, 3.63) is 24.3 Å². The fourth-order valence-electron chi connectivity index (χ4n) is 4.58. The van der Waals surface area contributed by atoms with Gasteiger partial charge in [0.25, 0.3) is 0 Å². The fraction of sp³-hybridized carbons (Fsp3) is 0.853. The van der Waals surface area contributed by atoms with Gasteiger partial charge in [0.1, 0.15) is 13.2 Å². The zero-order valence-electron chi connectivity index (χ0n) is 28.4. The Morgan fingerprint density at radius 2 is 1.28 bits per heavy atom. The molecule has 8 nitrogen and oxygen atoms in total. The highest BCUT2D eigenvalue weighted by Crippen LogP contribution is 2.43. The summed E-state index contributed by atoms with van der Waals surface area (Å²) in [4.78, 5) is 22.8. The molecule has 43 heavy (non-hydrogen) atoms. The highest BCUT2D eigenvalue weighted by Gasteiger charge is 2.27. The number of hydrogen-bond acceptors (Lipinski definition) is 5. The van der Waals surface area contributed by atoms with Crippen molar-refractivity contribution >= 4 is 13.7 Å². The Labute approximate surface area is 264 Å². The van der Waals surface area contributed by atoms with E-state index in [-0.39, 0.29) is 19.1 Å². The van der Waals surface area contributed by atoms with E-state index in [4.69, 9.17) is 9.05 Å². The van der Waals surface area contributed by atoms with Gasteiger partial charge in [-0.1, -0.05) is 122 Å². The Kier molecular flexibility index (Phi) is 26.7. The molecule has 0 aliphatic rings. The van der Waals surface area contributed by atoms with Gasteiger partial charge < -0.3 is 19.8 Å². The van der Waals surface area contributed by atoms with Crippen LogP contribution in [-0.2, 0) is 18.4 Å². The van der Waals surface area contributed by atoms with Crippen LogP contribution in [0.3, 0.4) is 0 Å². The molecule has 3 N–H and O–H groups in total. The van der Waals surface area contributed by atoms with Crippen LogP contribution in [0.1, 0.15) is 136 Å². The molecule has 0 aromatic rings. The lowest BCUT2D eigenvalue weighted by Crippen LogP contribution is -2.45. The summed E-state index contributed by atoms with van der Waals surface area (Å²) >= 11 is 0. The first-order valence-corrected chi connectivity index (χ1v) is 18.7. The highest BCUT2D eigenvalue weighted by atomic mass is 31.2. The van der Waals surface area contributed by atoms with E-state index in [9.17, 15) is 19.4 Å². The summed E-state index contributed by atoms with van der Waals surface area (Å²) in [5.41, 5.74) is 0. The Bertz CT molecular complexity index is 768. The summed E-state index contributed by atoms with van der Waals surface area (Å²) < 4.78 is 23.3. The second kappa shape index (κ2) is 27.3. The van der Waals surface area contributed by atoms with Gasteiger partial charge in [-0.15, -0.1) is 0 Å². The fourth-order valence-corrected chi connectivity index (χ4v) is 5.32. The van der Waals surface area contributed by atoms with Gasteiger partial charge in [0, 0.05) is 6.42 Å². The minimum Gasteiger partial charge on any atom is -0.387 e. The van der Waals surface area contributed by atoms with Gasteiger partial charge in [0.15, 0.2) is 0 Å². The van der Waals surface area contributed by atoms with Crippen molar-refractivity contribution in [1.29, 1.82) is 0 Å². The number of nitrogens with zero attached hydrogens (tertiary/aromatic N) is 1. The Hall–Kier alpha value is -1.02. The molecule has 0 saturated heterocycles. The first-order chi connectivity index (χ1) is 20.5. The molecule has 0 bridgehead atoms. The van der Waals surface area contributed by atoms with Gasteiger partial charge >= 0.3 is 7.82 Å². The van der Waals surface area contributed by atoms with E-state index >= 15 is 0 Å². The van der Waals surface area contributed by atoms with Crippen molar-refractivity contribution < 1.29 is 32.9 Å². The van der Waals surface area contributed by atoms with Gasteiger partial charge in [-0.3, -0.25) is 13.8 Å². The molecule has 9 heteroatoms. The molecule has 1 unspecified atom stereocenters. The van der Waals surface area contributed by atoms with Crippen LogP contribution in [0, 0.1) is 0 Å². The number of carbonyl (C=O) groups excluding carboxylic acids is 1. The number of rotatable bonds is 30. The van der Waals surface area contributed by atoms with E-state index in [1.807, 2.05) is 27.2 Å². The molecule has 0 spiro atoms. The summed E-state index contributed by atoms with van der Waals surface area (Å²) in [5.74, 6) is -0.193. The number of allylic oxidation sites excluding steroid dienone is 3. The normalized spacial score (nSPS) is 15.2. The first kappa shape index (κ1) is 42.0. The zero-order valence-corrected chi connectivity index (χ0v) is 29.3. The smallest absolute Gasteiger partial charge is 0.387 e. The molecule has 3 atom stereocenters. The quantitative estimate of drug-likeness (QED) is 0.0319. The predicted octanol–water partition coefficient (Wildman–Crippen LogP) is 8.24. The number of amides is 1. The maximum atomic E-state index is 12.7. The molecule has 0 fully saturated rings. The number of likely N-dealkylation sites (N-methyl/N-ethyl adjacent to an activating group) is 1. The maximum Gasteiger partial charge on any atom is 0.472 e. The van der Waals surface area contributed by atoms with E-state index in [1.165, 1.54) is 77.0 Å². The number of quaternary nitrogens is 1. The average molecular weight is 632 g/mol. The van der Waals surface area contributed by atoms with Gasteiger partial charge in [-0.05, 0) is 32.1 Å². The Morgan fingerprint density at radius 3 is 1.86 bits per heavy atom. The van der Waals surface area contributed by atoms with Crippen LogP contribution in [-0.4, -0.2) is 73.4 Å². The van der Waals surface area contributed by atoms with Crippen molar-refractivity contribution in [3.8, 4) is 0 Å². The topological polar surface area (TPSA) is 105 Å². The first-order valence-electron chi connectivity index (χ1n) is 17.2. The van der Waals surface area contributed by atoms with Crippen LogP contribution in [0.5, 0.6) is 0 Å². The van der Waals surface area contributed by atoms with Crippen LogP contribution < -0.4 is 5.32 Å². The molecule has 0 aliphatic carbocycles. The monoisotopic (exact) mass is 631 g/mol. The highest BCUT2D eigenvalue weighted by molar-refractivity contribution is 7.47. The minimum absolute atomic E-state index is 0.0573. The van der Waals surface area contributed by atoms with Gasteiger partial charge in [0.05, 0.1) is 39.9 Å². The van der Waals surface area contributed by atoms with E-state index in [0.717, 1.165) is 38.5 Å². The predicted molar refractivity (Wildman–Crippen MR) is 180 cm³/mol. The third kappa shape index (κ3) is 29.5. The van der Waals surface area contributed by atoms with Crippen molar-refractivity contribution in [1.82, 2.24) is 5.32 Å². The summed E-state index contributed by atoms with van der Waals surface area (Å²) in [6, 6.07) is -0.854. The second-order valence-electron chi connectivity index (χ2n) is 12.9. The van der Waals surface area contributed by atoms with Crippen LogP contribution in [0.4, 0.5) is 0 Å². The third-order valence-electron chi connectivity index (χ3n) is 7.42. The SMILES string of the molecule is CCCCCCC/C=C/CC/C=C/[C@@H](O)[C@H](COP(=O)(O)OCC[N+](C)(C)C)NC(=O)CCCCCCCCCCCC. The molecule has 1 amide bonds. The summed E-state index contributed by atoms with van der Waals surface area (Å²) in [7, 11) is 1.55. The van der Waals surface area contributed by atoms with Gasteiger partial charge in [0.2, 0.25) is 5.91 Å². The van der Waals surface area contributed by atoms with Crippen LogP contribution in [0.25, 0.3) is 0 Å². The number of unbranched alkanes of at least 4 members (excludes halogenated alkanes) is 15. The molecule has 0 rings (SSSR count). The van der Waals surface area contributed by atoms with E-state index < -0.39 is 20.0 Å². The van der Waals surface area contributed by atoms with Crippen LogP contribution >= 0.6 is 7.82 Å². The molecule has 0 aromatic heterocycles. The molecule has 0 radical (unpaired) electrons. The van der Waals surface area contributed by atoms with Gasteiger partial charge in [-0.2, -0.15) is 0 Å². The van der Waals surface area contributed by atoms with Gasteiger partial charge in [-0.25, -0.2) is 4.57 Å². The van der Waals surface area contributed by atoms with Crippen molar-refractivity contribution in [3.63, 3.8) is 0 Å². The molecule has 0 saturated carbocycles. The number of aliphatic hydroxyl groups excluding tert-OH is 1. The number of phosphoric ester groups is 1. The lowest BCUT2D eigenvalue weighted by molar-refractivity contribution is -0.870. The Balaban J connectivity index is 4.68. The van der Waals surface area contributed by atoms with E-state index in [1.54, 1.807) is 6.08 Å². The third-order valence-corrected chi connectivity index (χ3v) is 8.41. The van der Waals surface area contributed by atoms with E-state index in [2.05, 4.69) is 31.3 Å². The number of phosphoric acid groups is 1. The molecular weight excluding hydrogens is 563 g/mol. The largest absolute Gasteiger partial charge is 0.472 e. The molecule has 0 aliphatic heterocycles. The number of aliphatic hydroxyl groups is 1. The minimum atomic E-state index is -4.32. The number of nitrogens with one attached hydrogen (secondary N) is 1. The van der Waals surface area contributed by atoms with Crippen LogP contribution in [0.15, 0.2) is 24.3 Å². The van der Waals surface area contributed by atoms with Crippen molar-refractivity contribution in [2.45, 2.75) is 148 Å². The molecule has 0 aromatic carbocycles. The summed E-state index contributed by atoms with van der Waals surface area (Å²) in [6.07, 6.45) is 28.1. The number of carbonyl (C=O) groups is 1. The summed E-state index contributed by atoms with van der Waals surface area (Å²) in [5, 5.41) is 13.6. The second-order valence-corrected chi connectivity index (χ2v) is 14.3. The number of hydrogen-bond donors (Lipinski definition) is 3. The van der Waals surface area contributed by atoms with Crippen molar-refractivity contribution in [2.24, 2.45) is 0 Å². The maximum absolute atomic E-state index is 12.7. The Morgan fingerprint density at radius 1 is 0.767 bits per heavy atom. The lowest BCUT2D eigenvalue weighted by atomic mass is 10.1.